The summed E-state index contributed by atoms with van der Waals surface area (Å²) in [7, 11) is 0. The van der Waals surface area contributed by atoms with Gasteiger partial charge in [0.05, 0.1) is 11.5 Å². The van der Waals surface area contributed by atoms with Crippen molar-refractivity contribution in [3.8, 4) is 0 Å². The molecule has 5 heteroatoms. The van der Waals surface area contributed by atoms with Gasteiger partial charge < -0.3 is 10.1 Å². The van der Waals surface area contributed by atoms with Gasteiger partial charge >= 0.3 is 0 Å². The van der Waals surface area contributed by atoms with Crippen LogP contribution in [-0.2, 0) is 4.74 Å². The van der Waals surface area contributed by atoms with Crippen molar-refractivity contribution in [2.45, 2.75) is 31.8 Å². The molecule has 0 unspecified atom stereocenters. The van der Waals surface area contributed by atoms with E-state index >= 15 is 0 Å². The second kappa shape index (κ2) is 5.04. The largest absolute Gasteiger partial charge is 0.379 e. The normalized spacial score (nSPS) is 25.0. The van der Waals surface area contributed by atoms with Crippen molar-refractivity contribution in [3.63, 3.8) is 0 Å². The molecule has 1 aromatic rings. The van der Waals surface area contributed by atoms with Crippen LogP contribution in [0.5, 0.6) is 0 Å². The van der Waals surface area contributed by atoms with Crippen LogP contribution in [-0.4, -0.2) is 23.7 Å². The smallest absolute Gasteiger partial charge is 0.269 e. The van der Waals surface area contributed by atoms with Crippen molar-refractivity contribution >= 4 is 5.69 Å². The van der Waals surface area contributed by atoms with Crippen LogP contribution in [0.2, 0.25) is 0 Å². The molecule has 0 bridgehead atoms. The topological polar surface area (TPSA) is 64.4 Å². The molecule has 2 rings (SSSR count). The Balaban J connectivity index is 2.10. The van der Waals surface area contributed by atoms with E-state index in [4.69, 9.17) is 4.74 Å². The van der Waals surface area contributed by atoms with Crippen molar-refractivity contribution in [2.75, 3.05) is 13.2 Å². The fourth-order valence-electron chi connectivity index (χ4n) is 2.29. The Bertz CT molecular complexity index is 442. The summed E-state index contributed by atoms with van der Waals surface area (Å²) >= 11 is 0. The van der Waals surface area contributed by atoms with Crippen molar-refractivity contribution in [3.05, 3.63) is 39.9 Å². The summed E-state index contributed by atoms with van der Waals surface area (Å²) in [6.07, 6.45) is 0.965. The molecule has 5 nitrogen and oxygen atoms in total. The first kappa shape index (κ1) is 13.0. The predicted octanol–water partition coefficient (Wildman–Crippen LogP) is 2.42. The molecule has 2 atom stereocenters. The van der Waals surface area contributed by atoms with E-state index in [1.54, 1.807) is 12.1 Å². The highest BCUT2D eigenvalue weighted by molar-refractivity contribution is 5.35. The third kappa shape index (κ3) is 2.86. The number of benzene rings is 1. The van der Waals surface area contributed by atoms with E-state index in [1.165, 1.54) is 6.07 Å². The number of rotatable bonds is 4. The molecule has 0 radical (unpaired) electrons. The molecule has 1 aromatic carbocycles. The number of hydrogen-bond donors (Lipinski definition) is 1. The lowest BCUT2D eigenvalue weighted by Crippen LogP contribution is -2.44. The molecule has 0 spiro atoms. The van der Waals surface area contributed by atoms with Crippen LogP contribution in [0.25, 0.3) is 0 Å². The first-order valence-electron chi connectivity index (χ1n) is 6.10. The zero-order chi connectivity index (χ0) is 13.2. The fourth-order valence-corrected chi connectivity index (χ4v) is 2.29. The van der Waals surface area contributed by atoms with Crippen LogP contribution >= 0.6 is 0 Å². The van der Waals surface area contributed by atoms with Gasteiger partial charge in [0.15, 0.2) is 0 Å². The Kier molecular flexibility index (Phi) is 3.63. The number of nitro benzene ring substituents is 1. The highest BCUT2D eigenvalue weighted by Gasteiger charge is 2.31. The summed E-state index contributed by atoms with van der Waals surface area (Å²) in [5, 5.41) is 14.2. The van der Waals surface area contributed by atoms with Crippen LogP contribution in [0.4, 0.5) is 5.69 Å². The second-order valence-electron chi connectivity index (χ2n) is 5.08. The molecule has 1 fully saturated rings. The molecule has 98 valence electrons. The minimum atomic E-state index is -0.364. The lowest BCUT2D eigenvalue weighted by Gasteiger charge is -2.28. The number of nitro groups is 1. The molecule has 1 aliphatic heterocycles. The lowest BCUT2D eigenvalue weighted by molar-refractivity contribution is -0.384. The molecular weight excluding hydrogens is 232 g/mol. The van der Waals surface area contributed by atoms with E-state index in [0.29, 0.717) is 6.61 Å². The van der Waals surface area contributed by atoms with Crippen molar-refractivity contribution in [1.82, 2.24) is 5.32 Å². The summed E-state index contributed by atoms with van der Waals surface area (Å²) in [6.45, 7) is 5.59. The molecule has 1 saturated heterocycles. The molecule has 1 aliphatic rings. The number of ether oxygens (including phenoxy) is 1. The quantitative estimate of drug-likeness (QED) is 0.658. The standard InChI is InChI=1S/C13H18N2O3/c1-10(14-13(2)6-7-18-9-13)11-4-3-5-12(8-11)15(16)17/h3-5,8,10,14H,6-7,9H2,1-2H3/t10-,13-/m0/s1. The molecule has 0 amide bonds. The monoisotopic (exact) mass is 250 g/mol. The van der Waals surface area contributed by atoms with E-state index in [2.05, 4.69) is 12.2 Å². The minimum absolute atomic E-state index is 0.0377. The fraction of sp³-hybridized carbons (Fsp3) is 0.538. The van der Waals surface area contributed by atoms with E-state index in [1.807, 2.05) is 13.0 Å². The van der Waals surface area contributed by atoms with Crippen LogP contribution in [0.1, 0.15) is 31.9 Å². The molecule has 0 aromatic heterocycles. The van der Waals surface area contributed by atoms with E-state index < -0.39 is 0 Å². The third-order valence-electron chi connectivity index (χ3n) is 3.36. The minimum Gasteiger partial charge on any atom is -0.379 e. The zero-order valence-electron chi connectivity index (χ0n) is 10.7. The van der Waals surface area contributed by atoms with Crippen LogP contribution in [0, 0.1) is 10.1 Å². The van der Waals surface area contributed by atoms with Gasteiger partial charge in [0.1, 0.15) is 0 Å². The van der Waals surface area contributed by atoms with Crippen LogP contribution in [0.3, 0.4) is 0 Å². The van der Waals surface area contributed by atoms with Gasteiger partial charge in [0.25, 0.3) is 5.69 Å². The van der Waals surface area contributed by atoms with E-state index in [0.717, 1.165) is 18.6 Å². The highest BCUT2D eigenvalue weighted by Crippen LogP contribution is 2.25. The average Bonchev–Trinajstić information content (AvgIpc) is 2.76. The summed E-state index contributed by atoms with van der Waals surface area (Å²) in [4.78, 5) is 10.4. The number of nitrogens with zero attached hydrogens (tertiary/aromatic N) is 1. The average molecular weight is 250 g/mol. The third-order valence-corrected chi connectivity index (χ3v) is 3.36. The Morgan fingerprint density at radius 1 is 1.56 bits per heavy atom. The number of hydrogen-bond acceptors (Lipinski definition) is 4. The Hall–Kier alpha value is -1.46. The lowest BCUT2D eigenvalue weighted by atomic mass is 9.98. The first-order chi connectivity index (χ1) is 8.50. The Labute approximate surface area is 106 Å². The molecule has 0 saturated carbocycles. The second-order valence-corrected chi connectivity index (χ2v) is 5.08. The predicted molar refractivity (Wildman–Crippen MR) is 68.5 cm³/mol. The van der Waals surface area contributed by atoms with Gasteiger partial charge in [-0.15, -0.1) is 0 Å². The number of non-ortho nitro benzene ring substituents is 1. The molecule has 1 N–H and O–H groups in total. The molecular formula is C13H18N2O3. The van der Waals surface area contributed by atoms with Gasteiger partial charge in [-0.25, -0.2) is 0 Å². The highest BCUT2D eigenvalue weighted by atomic mass is 16.6. The molecule has 0 aliphatic carbocycles. The van der Waals surface area contributed by atoms with Crippen LogP contribution < -0.4 is 5.32 Å². The summed E-state index contributed by atoms with van der Waals surface area (Å²) in [5.41, 5.74) is 1.02. The summed E-state index contributed by atoms with van der Waals surface area (Å²) in [6, 6.07) is 6.83. The maximum Gasteiger partial charge on any atom is 0.269 e. The maximum absolute atomic E-state index is 10.7. The van der Waals surface area contributed by atoms with E-state index in [9.17, 15) is 10.1 Å². The van der Waals surface area contributed by atoms with Gasteiger partial charge in [-0.2, -0.15) is 0 Å². The summed E-state index contributed by atoms with van der Waals surface area (Å²) in [5.74, 6) is 0. The van der Waals surface area contributed by atoms with Gasteiger partial charge in [-0.1, -0.05) is 12.1 Å². The molecule has 18 heavy (non-hydrogen) atoms. The van der Waals surface area contributed by atoms with Gasteiger partial charge in [0.2, 0.25) is 0 Å². The molecule has 1 heterocycles. The van der Waals surface area contributed by atoms with Crippen molar-refractivity contribution in [2.24, 2.45) is 0 Å². The van der Waals surface area contributed by atoms with Crippen molar-refractivity contribution in [1.29, 1.82) is 0 Å². The maximum atomic E-state index is 10.7. The summed E-state index contributed by atoms with van der Waals surface area (Å²) < 4.78 is 5.39. The first-order valence-corrected chi connectivity index (χ1v) is 6.10. The van der Waals surface area contributed by atoms with Crippen LogP contribution in [0.15, 0.2) is 24.3 Å². The van der Waals surface area contributed by atoms with E-state index in [-0.39, 0.29) is 22.2 Å². The number of nitrogens with one attached hydrogen (secondary N) is 1. The Morgan fingerprint density at radius 3 is 2.94 bits per heavy atom. The van der Waals surface area contributed by atoms with Crippen molar-refractivity contribution < 1.29 is 9.66 Å². The van der Waals surface area contributed by atoms with Gasteiger partial charge in [-0.05, 0) is 25.8 Å². The Morgan fingerprint density at radius 2 is 2.33 bits per heavy atom. The zero-order valence-corrected chi connectivity index (χ0v) is 10.7. The van der Waals surface area contributed by atoms with Gasteiger partial charge in [0, 0.05) is 30.3 Å². The van der Waals surface area contributed by atoms with Gasteiger partial charge in [-0.3, -0.25) is 10.1 Å². The SMILES string of the molecule is C[C@H](N[C@@]1(C)CCOC1)c1cccc([N+](=O)[O-])c1.